The number of allylic oxidation sites excluding steroid dienone is 19. The lowest BCUT2D eigenvalue weighted by molar-refractivity contribution is -0.305. The van der Waals surface area contributed by atoms with Gasteiger partial charge in [0.25, 0.3) is 0 Å². The average Bonchev–Trinajstić information content (AvgIpc) is 3.47. The summed E-state index contributed by atoms with van der Waals surface area (Å²) in [7, 11) is 0. The Morgan fingerprint density at radius 3 is 1.52 bits per heavy atom. The predicted octanol–water partition coefficient (Wildman–Crippen LogP) is 15.1. The third-order valence-electron chi connectivity index (χ3n) is 14.0. The van der Waals surface area contributed by atoms with Crippen LogP contribution in [0.4, 0.5) is 0 Å². The van der Waals surface area contributed by atoms with Gasteiger partial charge in [-0.3, -0.25) is 9.59 Å². The first-order valence-electron chi connectivity index (χ1n) is 31.4. The van der Waals surface area contributed by atoms with Gasteiger partial charge in [0.15, 0.2) is 12.4 Å². The molecule has 79 heavy (non-hydrogen) atoms. The summed E-state index contributed by atoms with van der Waals surface area (Å²) in [4.78, 5) is 26.5. The SMILES string of the molecule is CC/C=C\C/C=C\C/C=C\C/C=C\C/C=C\CCCCCCCCCCCC(=O)OC1C(OCC(NC(=O)C(O)CCCCCC\C=C/C=C/C=C/C=C/CC)C(O)/C=C/CCCCCCCCCCC)OC(CO)C(O)C1O. The van der Waals surface area contributed by atoms with Gasteiger partial charge in [-0.05, 0) is 89.9 Å². The van der Waals surface area contributed by atoms with Crippen LogP contribution in [0, 0.1) is 0 Å². The zero-order chi connectivity index (χ0) is 57.5. The number of amides is 1. The maximum absolute atomic E-state index is 13.4. The molecule has 1 aliphatic rings. The molecule has 0 aromatic heterocycles. The molecular formula is C68H113NO10. The Balaban J connectivity index is 2.62. The molecule has 8 atom stereocenters. The van der Waals surface area contributed by atoms with Crippen LogP contribution in [0.15, 0.2) is 122 Å². The third-order valence-corrected chi connectivity index (χ3v) is 14.0. The zero-order valence-electron chi connectivity index (χ0n) is 49.7. The Kier molecular flexibility index (Phi) is 50.5. The van der Waals surface area contributed by atoms with Crippen molar-refractivity contribution in [2.75, 3.05) is 13.2 Å². The van der Waals surface area contributed by atoms with Crippen LogP contribution in [0.5, 0.6) is 0 Å². The Morgan fingerprint density at radius 2 is 0.975 bits per heavy atom. The number of hydrogen-bond donors (Lipinski definition) is 6. The highest BCUT2D eigenvalue weighted by Crippen LogP contribution is 2.26. The molecule has 11 nitrogen and oxygen atoms in total. The maximum Gasteiger partial charge on any atom is 0.306 e. The molecule has 0 aromatic carbocycles. The summed E-state index contributed by atoms with van der Waals surface area (Å²) in [5, 5.41) is 56.9. The number of carbonyl (C=O) groups excluding carboxylic acids is 2. The van der Waals surface area contributed by atoms with Gasteiger partial charge in [-0.15, -0.1) is 0 Å². The molecule has 0 spiro atoms. The number of rotatable bonds is 51. The quantitative estimate of drug-likeness (QED) is 0.0149. The molecule has 6 N–H and O–H groups in total. The molecule has 0 aromatic rings. The van der Waals surface area contributed by atoms with Crippen molar-refractivity contribution < 1.29 is 49.3 Å². The van der Waals surface area contributed by atoms with Crippen molar-refractivity contribution in [3.8, 4) is 0 Å². The third kappa shape index (κ3) is 42.6. The van der Waals surface area contributed by atoms with Gasteiger partial charge >= 0.3 is 5.97 Å². The van der Waals surface area contributed by atoms with E-state index in [1.54, 1.807) is 6.08 Å². The fourth-order valence-corrected chi connectivity index (χ4v) is 9.04. The second-order valence-electron chi connectivity index (χ2n) is 21.1. The number of ether oxygens (including phenoxy) is 3. The number of aliphatic hydroxyl groups excluding tert-OH is 5. The van der Waals surface area contributed by atoms with Crippen LogP contribution in [-0.4, -0.2) is 99.6 Å². The van der Waals surface area contributed by atoms with Gasteiger partial charge < -0.3 is 45.1 Å². The molecule has 1 saturated heterocycles. The molecule has 8 unspecified atom stereocenters. The van der Waals surface area contributed by atoms with E-state index in [-0.39, 0.29) is 19.4 Å². The Bertz CT molecular complexity index is 1740. The van der Waals surface area contributed by atoms with E-state index in [0.29, 0.717) is 12.8 Å². The number of esters is 1. The highest BCUT2D eigenvalue weighted by atomic mass is 16.7. The van der Waals surface area contributed by atoms with Gasteiger partial charge in [0.2, 0.25) is 5.91 Å². The highest BCUT2D eigenvalue weighted by Gasteiger charge is 2.47. The van der Waals surface area contributed by atoms with Crippen molar-refractivity contribution in [3.63, 3.8) is 0 Å². The first-order chi connectivity index (χ1) is 38.7. The van der Waals surface area contributed by atoms with Gasteiger partial charge in [-0.25, -0.2) is 0 Å². The normalized spacial score (nSPS) is 19.7. The van der Waals surface area contributed by atoms with Crippen LogP contribution in [0.2, 0.25) is 0 Å². The number of hydrogen-bond acceptors (Lipinski definition) is 10. The van der Waals surface area contributed by atoms with E-state index in [9.17, 15) is 35.1 Å². The molecule has 450 valence electrons. The average molecular weight is 1100 g/mol. The van der Waals surface area contributed by atoms with Crippen molar-refractivity contribution in [1.82, 2.24) is 5.32 Å². The van der Waals surface area contributed by atoms with E-state index in [4.69, 9.17) is 14.2 Å². The Hall–Kier alpha value is -3.94. The number of aliphatic hydroxyl groups is 5. The molecule has 1 aliphatic heterocycles. The molecule has 1 amide bonds. The number of nitrogens with one attached hydrogen (secondary N) is 1. The molecule has 1 heterocycles. The minimum atomic E-state index is -1.63. The van der Waals surface area contributed by atoms with Crippen molar-refractivity contribution in [1.29, 1.82) is 0 Å². The molecule has 0 radical (unpaired) electrons. The van der Waals surface area contributed by atoms with Crippen molar-refractivity contribution in [2.45, 2.75) is 282 Å². The summed E-state index contributed by atoms with van der Waals surface area (Å²) < 4.78 is 17.6. The van der Waals surface area contributed by atoms with Gasteiger partial charge in [0.05, 0.1) is 25.4 Å². The molecule has 1 fully saturated rings. The predicted molar refractivity (Wildman–Crippen MR) is 328 cm³/mol. The minimum absolute atomic E-state index is 0.106. The molecule has 11 heteroatoms. The van der Waals surface area contributed by atoms with Gasteiger partial charge in [0, 0.05) is 6.42 Å². The monoisotopic (exact) mass is 1100 g/mol. The van der Waals surface area contributed by atoms with Crippen LogP contribution < -0.4 is 5.32 Å². The number of carbonyl (C=O) groups is 2. The summed E-state index contributed by atoms with van der Waals surface area (Å²) in [5.41, 5.74) is 0. The van der Waals surface area contributed by atoms with Gasteiger partial charge in [0.1, 0.15) is 24.4 Å². The minimum Gasteiger partial charge on any atom is -0.454 e. The van der Waals surface area contributed by atoms with Crippen molar-refractivity contribution >= 4 is 11.9 Å². The lowest BCUT2D eigenvalue weighted by Gasteiger charge is -2.41. The molecular weight excluding hydrogens is 991 g/mol. The van der Waals surface area contributed by atoms with Crippen LogP contribution in [0.25, 0.3) is 0 Å². The lowest BCUT2D eigenvalue weighted by Crippen LogP contribution is -2.61. The fraction of sp³-hybridized carbons (Fsp3) is 0.676. The second-order valence-corrected chi connectivity index (χ2v) is 21.1. The smallest absolute Gasteiger partial charge is 0.306 e. The molecule has 0 bridgehead atoms. The maximum atomic E-state index is 13.4. The van der Waals surface area contributed by atoms with E-state index in [1.807, 2.05) is 42.5 Å². The van der Waals surface area contributed by atoms with Gasteiger partial charge in [-0.1, -0.05) is 258 Å². The summed E-state index contributed by atoms with van der Waals surface area (Å²) >= 11 is 0. The molecule has 0 aliphatic carbocycles. The summed E-state index contributed by atoms with van der Waals surface area (Å²) in [6.07, 6.45) is 65.2. The van der Waals surface area contributed by atoms with Crippen molar-refractivity contribution in [3.05, 3.63) is 122 Å². The van der Waals surface area contributed by atoms with E-state index in [2.05, 4.69) is 99.0 Å². The van der Waals surface area contributed by atoms with E-state index in [1.165, 1.54) is 64.2 Å². The van der Waals surface area contributed by atoms with Crippen LogP contribution in [0.1, 0.15) is 233 Å². The van der Waals surface area contributed by atoms with Gasteiger partial charge in [-0.2, -0.15) is 0 Å². The first-order valence-corrected chi connectivity index (χ1v) is 31.4. The fourth-order valence-electron chi connectivity index (χ4n) is 9.04. The summed E-state index contributed by atoms with van der Waals surface area (Å²) in [6, 6.07) is -1.04. The Labute approximate surface area is 480 Å². The molecule has 1 rings (SSSR count). The number of unbranched alkanes of at least 4 members (excludes halogenated alkanes) is 22. The van der Waals surface area contributed by atoms with Crippen LogP contribution in [-0.2, 0) is 23.8 Å². The summed E-state index contributed by atoms with van der Waals surface area (Å²) in [5.74, 6) is -1.23. The van der Waals surface area contributed by atoms with Crippen LogP contribution in [0.3, 0.4) is 0 Å². The van der Waals surface area contributed by atoms with E-state index >= 15 is 0 Å². The highest BCUT2D eigenvalue weighted by molar-refractivity contribution is 5.80. The van der Waals surface area contributed by atoms with Crippen LogP contribution >= 0.6 is 0 Å². The largest absolute Gasteiger partial charge is 0.454 e. The zero-order valence-corrected chi connectivity index (χ0v) is 49.7. The Morgan fingerprint density at radius 1 is 0.519 bits per heavy atom. The molecule has 0 saturated carbocycles. The van der Waals surface area contributed by atoms with Crippen molar-refractivity contribution in [2.24, 2.45) is 0 Å². The topological polar surface area (TPSA) is 175 Å². The van der Waals surface area contributed by atoms with E-state index < -0.39 is 67.4 Å². The first kappa shape index (κ1) is 73.1. The summed E-state index contributed by atoms with van der Waals surface area (Å²) in [6.45, 7) is 5.49. The standard InChI is InChI=1S/C68H113NO10/c1-4-7-10-13-16-19-22-24-26-27-28-29-30-31-32-33-34-35-36-38-41-44-47-50-53-56-63(73)79-66-65(75)64(74)62(57-70)78-68(66)77-58-59(60(71)54-51-48-45-42-39-21-18-15-12-9-6-3)69-67(76)61(72)55-52-49-46-43-40-37-25-23-20-17-14-11-8-5-2/h7-8,10-11,14,16-17,19-20,23-26,28-29,31-32,37,51,54,59-62,64-66,68,70-72,74-75H,4-6,9,12-13,15,18,21-22,27,30,33-36,38-50,52-53,55-58H2,1-3H3,(H,69,76)/b10-7-,11-8+,17-14+,19-16-,23-20+,26-24-,29-28-,32-31-,37-25-,54-51+. The lowest BCUT2D eigenvalue weighted by atomic mass is 9.99. The van der Waals surface area contributed by atoms with E-state index in [0.717, 1.165) is 122 Å². The second kappa shape index (κ2) is 54.6.